The summed E-state index contributed by atoms with van der Waals surface area (Å²) in [5, 5.41) is 2.77. The van der Waals surface area contributed by atoms with Gasteiger partial charge in [0.15, 0.2) is 6.61 Å². The highest BCUT2D eigenvalue weighted by molar-refractivity contribution is 9.10. The second-order valence-electron chi connectivity index (χ2n) is 7.52. The van der Waals surface area contributed by atoms with Crippen LogP contribution in [0.1, 0.15) is 12.8 Å². The van der Waals surface area contributed by atoms with Crippen LogP contribution in [0.4, 0.5) is 17.2 Å². The van der Waals surface area contributed by atoms with Gasteiger partial charge in [0.2, 0.25) is 11.8 Å². The fourth-order valence-electron chi connectivity index (χ4n) is 3.76. The molecular weight excluding hydrogens is 466 g/mol. The average Bonchev–Trinajstić information content (AvgIpc) is 2.76. The van der Waals surface area contributed by atoms with Gasteiger partial charge in [-0.2, -0.15) is 0 Å². The third-order valence-corrected chi connectivity index (χ3v) is 5.84. The number of amides is 3. The summed E-state index contributed by atoms with van der Waals surface area (Å²) < 4.78 is 6.27. The number of aromatic nitrogens is 1. The number of anilines is 3. The molecule has 1 aromatic carbocycles. The van der Waals surface area contributed by atoms with Crippen LogP contribution < -0.4 is 25.6 Å². The van der Waals surface area contributed by atoms with Gasteiger partial charge in [0.05, 0.1) is 23.5 Å². The Bertz CT molecular complexity index is 1010. The van der Waals surface area contributed by atoms with Gasteiger partial charge in [-0.1, -0.05) is 15.9 Å². The molecule has 9 nitrogen and oxygen atoms in total. The molecule has 31 heavy (non-hydrogen) atoms. The van der Waals surface area contributed by atoms with Crippen molar-refractivity contribution in [3.63, 3.8) is 0 Å². The average molecular weight is 488 g/mol. The number of rotatable bonds is 5. The number of piperidine rings is 1. The lowest BCUT2D eigenvalue weighted by Gasteiger charge is -2.32. The van der Waals surface area contributed by atoms with E-state index in [1.165, 1.54) is 4.90 Å². The molecule has 2 aliphatic rings. The lowest BCUT2D eigenvalue weighted by molar-refractivity contribution is -0.123. The Morgan fingerprint density at radius 1 is 1.29 bits per heavy atom. The predicted octanol–water partition coefficient (Wildman–Crippen LogP) is 1.91. The van der Waals surface area contributed by atoms with E-state index in [1.807, 2.05) is 4.90 Å². The van der Waals surface area contributed by atoms with Crippen LogP contribution in [-0.4, -0.2) is 48.9 Å². The minimum Gasteiger partial charge on any atom is -0.482 e. The maximum atomic E-state index is 12.6. The zero-order valence-corrected chi connectivity index (χ0v) is 18.3. The zero-order chi connectivity index (χ0) is 22.0. The Labute approximate surface area is 187 Å². The molecule has 1 fully saturated rings. The van der Waals surface area contributed by atoms with Gasteiger partial charge in [-0.25, -0.2) is 4.98 Å². The number of carbonyl (C=O) groups is 3. The molecule has 1 unspecified atom stereocenters. The highest BCUT2D eigenvalue weighted by Gasteiger charge is 2.28. The lowest BCUT2D eigenvalue weighted by Crippen LogP contribution is -2.43. The molecule has 0 saturated carbocycles. The van der Waals surface area contributed by atoms with E-state index in [0.29, 0.717) is 23.7 Å². The summed E-state index contributed by atoms with van der Waals surface area (Å²) in [7, 11) is 0. The van der Waals surface area contributed by atoms with E-state index in [-0.39, 0.29) is 36.8 Å². The molecule has 1 atom stereocenters. The van der Waals surface area contributed by atoms with Gasteiger partial charge in [-0.3, -0.25) is 19.3 Å². The number of benzene rings is 1. The van der Waals surface area contributed by atoms with Crippen molar-refractivity contribution in [2.45, 2.75) is 12.8 Å². The molecule has 3 amide bonds. The number of pyridine rings is 1. The van der Waals surface area contributed by atoms with Crippen LogP contribution in [0.5, 0.6) is 5.75 Å². The SMILES string of the molecule is NC(=O)C1CCCN(c2ccc(NC(=O)CN3C(=O)COc4cc(Br)ccc43)cn2)C1. The van der Waals surface area contributed by atoms with Crippen molar-refractivity contribution >= 4 is 50.8 Å². The molecule has 162 valence electrons. The zero-order valence-electron chi connectivity index (χ0n) is 16.7. The molecule has 10 heteroatoms. The van der Waals surface area contributed by atoms with Gasteiger partial charge in [0.1, 0.15) is 18.1 Å². The van der Waals surface area contributed by atoms with Crippen LogP contribution in [0.25, 0.3) is 0 Å². The number of carbonyl (C=O) groups excluding carboxylic acids is 3. The van der Waals surface area contributed by atoms with Gasteiger partial charge >= 0.3 is 0 Å². The normalized spacial score (nSPS) is 18.2. The highest BCUT2D eigenvalue weighted by atomic mass is 79.9. The van der Waals surface area contributed by atoms with Crippen LogP contribution in [-0.2, 0) is 14.4 Å². The standard InChI is InChI=1S/C21H22BrN5O4/c22-14-3-5-16-17(8-14)31-12-20(29)27(16)11-19(28)25-15-4-6-18(24-9-15)26-7-1-2-13(10-26)21(23)30/h3-6,8-9,13H,1-2,7,10-12H2,(H2,23,30)(H,25,28). The van der Waals surface area contributed by atoms with E-state index in [4.69, 9.17) is 10.5 Å². The molecule has 2 aliphatic heterocycles. The van der Waals surface area contributed by atoms with Crippen molar-refractivity contribution in [1.82, 2.24) is 4.98 Å². The minimum absolute atomic E-state index is 0.116. The molecule has 3 heterocycles. The second-order valence-corrected chi connectivity index (χ2v) is 8.44. The summed E-state index contributed by atoms with van der Waals surface area (Å²) in [5.41, 5.74) is 6.51. The Morgan fingerprint density at radius 3 is 2.87 bits per heavy atom. The largest absolute Gasteiger partial charge is 0.482 e. The monoisotopic (exact) mass is 487 g/mol. The first kappa shape index (κ1) is 21.1. The minimum atomic E-state index is -0.342. The second kappa shape index (κ2) is 8.93. The molecule has 2 aromatic rings. The summed E-state index contributed by atoms with van der Waals surface area (Å²) in [6.45, 7) is 1.10. The maximum absolute atomic E-state index is 12.6. The third-order valence-electron chi connectivity index (χ3n) is 5.35. The van der Waals surface area contributed by atoms with Gasteiger partial charge in [-0.15, -0.1) is 0 Å². The Morgan fingerprint density at radius 2 is 2.13 bits per heavy atom. The van der Waals surface area contributed by atoms with Gasteiger partial charge in [-0.05, 0) is 43.2 Å². The van der Waals surface area contributed by atoms with E-state index in [9.17, 15) is 14.4 Å². The summed E-state index contributed by atoms with van der Waals surface area (Å²) in [6.07, 6.45) is 3.23. The number of nitrogens with two attached hydrogens (primary N) is 1. The number of ether oxygens (including phenoxy) is 1. The summed E-state index contributed by atoms with van der Waals surface area (Å²) in [6, 6.07) is 8.83. The van der Waals surface area contributed by atoms with E-state index in [2.05, 4.69) is 26.2 Å². The molecule has 4 rings (SSSR count). The van der Waals surface area contributed by atoms with Crippen molar-refractivity contribution in [1.29, 1.82) is 0 Å². The van der Waals surface area contributed by atoms with E-state index >= 15 is 0 Å². The van der Waals surface area contributed by atoms with Gasteiger partial charge in [0, 0.05) is 17.6 Å². The number of primary amides is 1. The van der Waals surface area contributed by atoms with Crippen LogP contribution in [0.2, 0.25) is 0 Å². The Hall–Kier alpha value is -3.14. The maximum Gasteiger partial charge on any atom is 0.265 e. The van der Waals surface area contributed by atoms with Gasteiger partial charge in [0.25, 0.3) is 5.91 Å². The molecule has 0 bridgehead atoms. The van der Waals surface area contributed by atoms with E-state index in [0.717, 1.165) is 29.7 Å². The van der Waals surface area contributed by atoms with Crippen molar-refractivity contribution in [3.8, 4) is 5.75 Å². The van der Waals surface area contributed by atoms with Crippen LogP contribution in [0.3, 0.4) is 0 Å². The van der Waals surface area contributed by atoms with E-state index in [1.54, 1.807) is 36.5 Å². The molecular formula is C21H22BrN5O4. The van der Waals surface area contributed by atoms with Crippen molar-refractivity contribution < 1.29 is 19.1 Å². The smallest absolute Gasteiger partial charge is 0.265 e. The first-order valence-corrected chi connectivity index (χ1v) is 10.7. The molecule has 3 N–H and O–H groups in total. The highest BCUT2D eigenvalue weighted by Crippen LogP contribution is 2.34. The molecule has 0 radical (unpaired) electrons. The van der Waals surface area contributed by atoms with Crippen molar-refractivity contribution in [2.24, 2.45) is 11.7 Å². The Kier molecular flexibility index (Phi) is 6.08. The summed E-state index contributed by atoms with van der Waals surface area (Å²) in [4.78, 5) is 44.2. The van der Waals surface area contributed by atoms with Crippen molar-refractivity contribution in [2.75, 3.05) is 41.4 Å². The number of halogens is 1. The van der Waals surface area contributed by atoms with Crippen LogP contribution in [0.15, 0.2) is 41.0 Å². The fourth-order valence-corrected chi connectivity index (χ4v) is 4.10. The molecule has 0 spiro atoms. The van der Waals surface area contributed by atoms with Crippen LogP contribution >= 0.6 is 15.9 Å². The number of nitrogens with zero attached hydrogens (tertiary/aromatic N) is 3. The third kappa shape index (κ3) is 4.79. The first-order valence-electron chi connectivity index (χ1n) is 9.93. The quantitative estimate of drug-likeness (QED) is 0.664. The van der Waals surface area contributed by atoms with Gasteiger partial charge < -0.3 is 20.7 Å². The number of fused-ring (bicyclic) bond motifs is 1. The number of hydrogen-bond donors (Lipinski definition) is 2. The van der Waals surface area contributed by atoms with Crippen molar-refractivity contribution in [3.05, 3.63) is 41.0 Å². The number of nitrogens with one attached hydrogen (secondary N) is 1. The fraction of sp³-hybridized carbons (Fsp3) is 0.333. The first-order chi connectivity index (χ1) is 14.9. The Balaban J connectivity index is 1.39. The lowest BCUT2D eigenvalue weighted by atomic mass is 9.97. The topological polar surface area (TPSA) is 118 Å². The molecule has 1 aromatic heterocycles. The molecule has 0 aliphatic carbocycles. The molecule has 1 saturated heterocycles. The number of hydrogen-bond acceptors (Lipinski definition) is 6. The van der Waals surface area contributed by atoms with E-state index < -0.39 is 0 Å². The summed E-state index contributed by atoms with van der Waals surface area (Å²) in [5.74, 6) is 0.179. The summed E-state index contributed by atoms with van der Waals surface area (Å²) >= 11 is 3.37. The predicted molar refractivity (Wildman–Crippen MR) is 119 cm³/mol. The van der Waals surface area contributed by atoms with Crippen LogP contribution in [0, 0.1) is 5.92 Å².